The van der Waals surface area contributed by atoms with Crippen molar-refractivity contribution in [2.75, 3.05) is 7.11 Å². The van der Waals surface area contributed by atoms with E-state index in [4.69, 9.17) is 17.0 Å². The fraction of sp³-hybridized carbons (Fsp3) is 0.167. The van der Waals surface area contributed by atoms with Crippen LogP contribution in [0, 0.1) is 0 Å². The van der Waals surface area contributed by atoms with E-state index in [2.05, 4.69) is 0 Å². The second-order valence-corrected chi connectivity index (χ2v) is 7.14. The average Bonchev–Trinajstić information content (AvgIpc) is 2.88. The lowest BCUT2D eigenvalue weighted by Gasteiger charge is -2.18. The Morgan fingerprint density at radius 3 is 2.72 bits per heavy atom. The number of methoxy groups -OCH3 is 1. The molecule has 3 rings (SSSR count). The number of carbonyl (C=O) groups excluding carboxylic acids is 1. The monoisotopic (exact) mass is 373 g/mol. The molecule has 128 valence electrons. The molecule has 2 aromatic carbocycles. The Morgan fingerprint density at radius 1 is 1.32 bits per heavy atom. The lowest BCUT2D eigenvalue weighted by molar-refractivity contribution is -0.144. The highest BCUT2D eigenvalue weighted by Gasteiger charge is 2.38. The fourth-order valence-corrected chi connectivity index (χ4v) is 4.06. The molecule has 1 fully saturated rings. The molecule has 0 spiro atoms. The molecule has 1 atom stereocenters. The van der Waals surface area contributed by atoms with Crippen LogP contribution in [0.2, 0.25) is 0 Å². The zero-order valence-corrected chi connectivity index (χ0v) is 15.2. The van der Waals surface area contributed by atoms with Crippen molar-refractivity contribution in [3.05, 3.63) is 46.9 Å². The molecule has 1 N–H and O–H groups in total. The number of rotatable bonds is 4. The van der Waals surface area contributed by atoms with E-state index in [1.807, 2.05) is 36.4 Å². The molecule has 0 aromatic heterocycles. The predicted molar refractivity (Wildman–Crippen MR) is 103 cm³/mol. The number of benzene rings is 2. The van der Waals surface area contributed by atoms with Gasteiger partial charge in [-0.25, -0.2) is 4.79 Å². The highest BCUT2D eigenvalue weighted by Crippen LogP contribution is 2.37. The second-order valence-electron chi connectivity index (χ2n) is 5.47. The smallest absolute Gasteiger partial charge is 0.326 e. The summed E-state index contributed by atoms with van der Waals surface area (Å²) in [6.45, 7) is 1.44. The molecule has 0 unspecified atom stereocenters. The summed E-state index contributed by atoms with van der Waals surface area (Å²) >= 11 is 6.30. The molecular formula is C18H15NO4S2. The van der Waals surface area contributed by atoms with Crippen LogP contribution in [0.3, 0.4) is 0 Å². The number of thiocarbonyl (C=S) groups is 1. The molecular weight excluding hydrogens is 358 g/mol. The summed E-state index contributed by atoms with van der Waals surface area (Å²) in [7, 11) is 1.57. The molecule has 5 nitrogen and oxygen atoms in total. The van der Waals surface area contributed by atoms with Crippen molar-refractivity contribution < 1.29 is 19.4 Å². The van der Waals surface area contributed by atoms with Crippen LogP contribution in [0.1, 0.15) is 12.5 Å². The van der Waals surface area contributed by atoms with E-state index < -0.39 is 17.9 Å². The first-order valence-electron chi connectivity index (χ1n) is 7.49. The fourth-order valence-electron chi connectivity index (χ4n) is 2.66. The lowest BCUT2D eigenvalue weighted by Crippen LogP contribution is -2.41. The molecule has 0 saturated carbocycles. The maximum absolute atomic E-state index is 12.6. The number of ether oxygens (including phenoxy) is 1. The Kier molecular flexibility index (Phi) is 4.78. The first-order valence-corrected chi connectivity index (χ1v) is 8.72. The van der Waals surface area contributed by atoms with Crippen LogP contribution < -0.4 is 4.74 Å². The number of carbonyl (C=O) groups is 2. The van der Waals surface area contributed by atoms with Gasteiger partial charge < -0.3 is 9.84 Å². The molecule has 1 amide bonds. The largest absolute Gasteiger partial charge is 0.496 e. The van der Waals surface area contributed by atoms with Crippen LogP contribution >= 0.6 is 24.0 Å². The summed E-state index contributed by atoms with van der Waals surface area (Å²) in [4.78, 5) is 25.4. The molecule has 2 aromatic rings. The highest BCUT2D eigenvalue weighted by atomic mass is 32.2. The van der Waals surface area contributed by atoms with Crippen molar-refractivity contribution in [1.82, 2.24) is 4.90 Å². The van der Waals surface area contributed by atoms with Gasteiger partial charge in [0, 0.05) is 5.56 Å². The van der Waals surface area contributed by atoms with E-state index >= 15 is 0 Å². The van der Waals surface area contributed by atoms with Gasteiger partial charge in [0.2, 0.25) is 0 Å². The number of carboxylic acids is 1. The van der Waals surface area contributed by atoms with Gasteiger partial charge in [-0.15, -0.1) is 0 Å². The van der Waals surface area contributed by atoms with Crippen LogP contribution in [0.25, 0.3) is 16.8 Å². The number of hydrogen-bond donors (Lipinski definition) is 1. The van der Waals surface area contributed by atoms with Crippen molar-refractivity contribution >= 4 is 57.0 Å². The molecule has 25 heavy (non-hydrogen) atoms. The molecule has 0 aliphatic carbocycles. The van der Waals surface area contributed by atoms with Crippen molar-refractivity contribution in [1.29, 1.82) is 0 Å². The van der Waals surface area contributed by atoms with Gasteiger partial charge in [-0.2, -0.15) is 0 Å². The summed E-state index contributed by atoms with van der Waals surface area (Å²) in [6, 6.07) is 10.6. The molecule has 7 heteroatoms. The van der Waals surface area contributed by atoms with Crippen LogP contribution in [0.4, 0.5) is 0 Å². The normalized spacial score (nSPS) is 17.4. The Balaban J connectivity index is 2.10. The number of thioether (sulfide) groups is 1. The van der Waals surface area contributed by atoms with E-state index in [9.17, 15) is 14.7 Å². The third-order valence-electron chi connectivity index (χ3n) is 3.99. The Hall–Kier alpha value is -2.38. The summed E-state index contributed by atoms with van der Waals surface area (Å²) in [6.07, 6.45) is 1.72. The lowest BCUT2D eigenvalue weighted by atomic mass is 10.0. The van der Waals surface area contributed by atoms with Crippen molar-refractivity contribution in [2.24, 2.45) is 0 Å². The Labute approximate surface area is 154 Å². The summed E-state index contributed by atoms with van der Waals surface area (Å²) in [5.41, 5.74) is 0.768. The number of hydrogen-bond acceptors (Lipinski definition) is 5. The summed E-state index contributed by atoms with van der Waals surface area (Å²) in [5.74, 6) is -0.865. The second kappa shape index (κ2) is 6.85. The quantitative estimate of drug-likeness (QED) is 0.653. The Bertz CT molecular complexity index is 922. The van der Waals surface area contributed by atoms with Gasteiger partial charge in [-0.05, 0) is 29.8 Å². The minimum absolute atomic E-state index is 0.241. The minimum atomic E-state index is -1.10. The summed E-state index contributed by atoms with van der Waals surface area (Å²) < 4.78 is 5.67. The SMILES string of the molecule is COc1ccc2ccccc2c1/C=C1\SC(=S)N([C@@H](C)C(=O)O)C1=O. The summed E-state index contributed by atoms with van der Waals surface area (Å²) in [5, 5.41) is 11.1. The number of amides is 1. The van der Waals surface area contributed by atoms with Crippen LogP contribution in [-0.2, 0) is 9.59 Å². The zero-order chi connectivity index (χ0) is 18.1. The van der Waals surface area contributed by atoms with Gasteiger partial charge in [0.15, 0.2) is 0 Å². The standard InChI is InChI=1S/C18H15NO4S2/c1-10(17(21)22)19-16(20)15(25-18(19)24)9-13-12-6-4-3-5-11(12)7-8-14(13)23-2/h3-10H,1-2H3,(H,21,22)/b15-9-/t10-/m0/s1. The third-order valence-corrected chi connectivity index (χ3v) is 5.32. The topological polar surface area (TPSA) is 66.8 Å². The third kappa shape index (κ3) is 3.12. The molecule has 0 bridgehead atoms. The zero-order valence-electron chi connectivity index (χ0n) is 13.6. The molecule has 1 saturated heterocycles. The molecule has 1 aliphatic rings. The molecule has 0 radical (unpaired) electrons. The van der Waals surface area contributed by atoms with E-state index in [1.165, 1.54) is 6.92 Å². The van der Waals surface area contributed by atoms with Gasteiger partial charge in [0.05, 0.1) is 12.0 Å². The minimum Gasteiger partial charge on any atom is -0.496 e. The van der Waals surface area contributed by atoms with Gasteiger partial charge in [-0.1, -0.05) is 54.3 Å². The number of aliphatic carboxylic acids is 1. The number of fused-ring (bicyclic) bond motifs is 1. The number of nitrogens with zero attached hydrogens (tertiary/aromatic N) is 1. The van der Waals surface area contributed by atoms with Crippen LogP contribution in [-0.4, -0.2) is 39.4 Å². The van der Waals surface area contributed by atoms with Gasteiger partial charge in [0.1, 0.15) is 16.1 Å². The number of carboxylic acid groups (broad SMARTS) is 1. The van der Waals surface area contributed by atoms with E-state index in [1.54, 1.807) is 13.2 Å². The van der Waals surface area contributed by atoms with Crippen molar-refractivity contribution in [3.63, 3.8) is 0 Å². The van der Waals surface area contributed by atoms with Gasteiger partial charge in [0.25, 0.3) is 5.91 Å². The van der Waals surface area contributed by atoms with Crippen LogP contribution in [0.5, 0.6) is 5.75 Å². The molecule has 1 heterocycles. The van der Waals surface area contributed by atoms with Crippen LogP contribution in [0.15, 0.2) is 41.3 Å². The van der Waals surface area contributed by atoms with Crippen molar-refractivity contribution in [2.45, 2.75) is 13.0 Å². The maximum atomic E-state index is 12.6. The average molecular weight is 373 g/mol. The van der Waals surface area contributed by atoms with E-state index in [0.717, 1.165) is 33.0 Å². The maximum Gasteiger partial charge on any atom is 0.326 e. The van der Waals surface area contributed by atoms with Gasteiger partial charge in [-0.3, -0.25) is 9.69 Å². The van der Waals surface area contributed by atoms with E-state index in [0.29, 0.717) is 10.7 Å². The first-order chi connectivity index (χ1) is 11.9. The first kappa shape index (κ1) is 17.4. The van der Waals surface area contributed by atoms with Gasteiger partial charge >= 0.3 is 5.97 Å². The Morgan fingerprint density at radius 2 is 2.04 bits per heavy atom. The van der Waals surface area contributed by atoms with Crippen molar-refractivity contribution in [3.8, 4) is 5.75 Å². The van der Waals surface area contributed by atoms with E-state index in [-0.39, 0.29) is 4.32 Å². The molecule has 1 aliphatic heterocycles. The highest BCUT2D eigenvalue weighted by molar-refractivity contribution is 8.26. The predicted octanol–water partition coefficient (Wildman–Crippen LogP) is 3.52.